The van der Waals surface area contributed by atoms with E-state index < -0.39 is 5.97 Å². The lowest BCUT2D eigenvalue weighted by molar-refractivity contribution is -0.138. The van der Waals surface area contributed by atoms with Crippen molar-refractivity contribution in [2.75, 3.05) is 18.9 Å². The number of nitrogens with one attached hydrogen (secondary N) is 3. The van der Waals surface area contributed by atoms with Crippen LogP contribution in [0.25, 0.3) is 38.4 Å². The second-order valence-corrected chi connectivity index (χ2v) is 11.8. The highest BCUT2D eigenvalue weighted by Gasteiger charge is 2.42. The van der Waals surface area contributed by atoms with Crippen LogP contribution in [0.4, 0.5) is 4.79 Å². The van der Waals surface area contributed by atoms with Crippen LogP contribution in [0, 0.1) is 11.3 Å². The lowest BCUT2D eigenvalue weighted by atomic mass is 9.91. The van der Waals surface area contributed by atoms with Gasteiger partial charge in [-0.3, -0.25) is 4.79 Å². The number of benzene rings is 4. The van der Waals surface area contributed by atoms with Crippen LogP contribution in [0.3, 0.4) is 0 Å². The number of esters is 1. The fourth-order valence-corrected chi connectivity index (χ4v) is 7.49. The molecule has 2 aliphatic heterocycles. The molecule has 3 amide bonds. The summed E-state index contributed by atoms with van der Waals surface area (Å²) in [6, 6.07) is 20.7. The van der Waals surface area contributed by atoms with Gasteiger partial charge < -0.3 is 20.7 Å². The van der Waals surface area contributed by atoms with Crippen LogP contribution in [0.1, 0.15) is 31.2 Å². The number of urea groups is 1. The number of fused-ring (bicyclic) bond motifs is 1. The van der Waals surface area contributed by atoms with Crippen LogP contribution in [0.15, 0.2) is 60.2 Å². The second-order valence-electron chi connectivity index (χ2n) is 10.5. The number of hydrogen-bond acceptors (Lipinski definition) is 6. The molecule has 3 unspecified atom stereocenters. The second kappa shape index (κ2) is 11.7. The van der Waals surface area contributed by atoms with E-state index in [4.69, 9.17) is 4.74 Å². The lowest BCUT2D eigenvalue weighted by Gasteiger charge is -2.16. The molecule has 4 aromatic carbocycles. The van der Waals surface area contributed by atoms with Crippen molar-refractivity contribution in [3.8, 4) is 6.07 Å². The summed E-state index contributed by atoms with van der Waals surface area (Å²) < 4.78 is 5.30. The van der Waals surface area contributed by atoms with E-state index in [2.05, 4.69) is 46.3 Å². The monoisotopic (exact) mass is 566 g/mol. The van der Waals surface area contributed by atoms with E-state index in [1.54, 1.807) is 6.08 Å². The Balaban J connectivity index is 0.989. The molecule has 0 aromatic heterocycles. The Morgan fingerprint density at radius 3 is 2.59 bits per heavy atom. The minimum absolute atomic E-state index is 0.0173. The number of nitrogens with zero attached hydrogens (tertiary/aromatic N) is 1. The summed E-state index contributed by atoms with van der Waals surface area (Å²) in [6.07, 6.45) is 4.57. The number of thioether (sulfide) groups is 1. The Labute approximate surface area is 241 Å². The zero-order chi connectivity index (χ0) is 28.3. The van der Waals surface area contributed by atoms with Crippen molar-refractivity contribution < 1.29 is 19.1 Å². The maximum atomic E-state index is 12.7. The molecule has 41 heavy (non-hydrogen) atoms. The highest BCUT2D eigenvalue weighted by Crippen LogP contribution is 2.36. The first-order valence-electron chi connectivity index (χ1n) is 13.9. The summed E-state index contributed by atoms with van der Waals surface area (Å²) in [6.45, 7) is 0.165. The Morgan fingerprint density at radius 1 is 1.02 bits per heavy atom. The third kappa shape index (κ3) is 5.52. The van der Waals surface area contributed by atoms with Gasteiger partial charge in [-0.25, -0.2) is 9.59 Å². The number of ether oxygens (including phenoxy) is 1. The van der Waals surface area contributed by atoms with E-state index >= 15 is 0 Å². The number of rotatable bonds is 10. The van der Waals surface area contributed by atoms with Gasteiger partial charge in [0.1, 0.15) is 18.2 Å². The number of unbranched alkanes of at least 4 members (excludes halogenated alkanes) is 1. The van der Waals surface area contributed by atoms with E-state index in [1.807, 2.05) is 42.1 Å². The molecule has 3 N–H and O–H groups in total. The molecule has 2 fully saturated rings. The van der Waals surface area contributed by atoms with E-state index in [9.17, 15) is 19.6 Å². The maximum Gasteiger partial charge on any atom is 0.348 e. The molecule has 0 aliphatic carbocycles. The molecule has 208 valence electrons. The van der Waals surface area contributed by atoms with Gasteiger partial charge in [-0.15, -0.1) is 0 Å². The van der Waals surface area contributed by atoms with Gasteiger partial charge in [0.05, 0.1) is 18.6 Å². The average Bonchev–Trinajstić information content (AvgIpc) is 3.54. The van der Waals surface area contributed by atoms with Crippen molar-refractivity contribution in [2.45, 2.75) is 43.0 Å². The summed E-state index contributed by atoms with van der Waals surface area (Å²) in [5.41, 5.74) is 0.683. The number of carbonyl (C=O) groups excluding carboxylic acids is 3. The highest BCUT2D eigenvalue weighted by atomic mass is 32.2. The summed E-state index contributed by atoms with van der Waals surface area (Å²) in [7, 11) is 0. The maximum absolute atomic E-state index is 12.7. The molecule has 2 aliphatic rings. The lowest BCUT2D eigenvalue weighted by Crippen LogP contribution is -2.36. The molecule has 4 aromatic rings. The third-order valence-corrected chi connectivity index (χ3v) is 9.45. The smallest absolute Gasteiger partial charge is 0.348 e. The number of carbonyl (C=O) groups is 3. The van der Waals surface area contributed by atoms with Gasteiger partial charge in [-0.1, -0.05) is 61.0 Å². The summed E-state index contributed by atoms with van der Waals surface area (Å²) >= 11 is 1.87. The quantitative estimate of drug-likeness (QED) is 0.0629. The van der Waals surface area contributed by atoms with Crippen LogP contribution in [0.5, 0.6) is 0 Å². The molecule has 2 heterocycles. The largest absolute Gasteiger partial charge is 0.460 e. The molecule has 8 nitrogen and oxygen atoms in total. The Bertz CT molecular complexity index is 1700. The van der Waals surface area contributed by atoms with Gasteiger partial charge in [-0.2, -0.15) is 17.0 Å². The summed E-state index contributed by atoms with van der Waals surface area (Å²) in [5.74, 6) is 0.112. The predicted octanol–water partition coefficient (Wildman–Crippen LogP) is 4.88. The topological polar surface area (TPSA) is 120 Å². The Morgan fingerprint density at radius 2 is 1.78 bits per heavy atom. The fourth-order valence-electron chi connectivity index (χ4n) is 5.95. The SMILES string of the molecule is N#C/C(=C\c1ccc2ccc3cccc4ccc1c2c34)C(=O)OCCNC(=O)CCCCC1SCC2NC(=O)NC21. The van der Waals surface area contributed by atoms with Crippen LogP contribution >= 0.6 is 11.8 Å². The molecule has 9 heteroatoms. The van der Waals surface area contributed by atoms with Gasteiger partial charge >= 0.3 is 12.0 Å². The van der Waals surface area contributed by atoms with Crippen molar-refractivity contribution >= 4 is 68.1 Å². The van der Waals surface area contributed by atoms with Crippen LogP contribution < -0.4 is 16.0 Å². The standard InChI is InChI=1S/C32H30N4O4S/c33-17-23(16-22-11-10-21-9-8-19-4-3-5-20-12-13-24(22)29(21)28(19)20)31(38)40-15-14-34-27(37)7-2-1-6-26-30-25(18-41-26)35-32(39)36-30/h3-5,8-13,16,25-26,30H,1-2,6-7,14-15,18H2,(H,34,37)(H2,35,36,39)/b23-16+. The molecule has 6 rings (SSSR count). The van der Waals surface area contributed by atoms with Crippen LogP contribution in [-0.4, -0.2) is 54.1 Å². The number of nitriles is 1. The summed E-state index contributed by atoms with van der Waals surface area (Å²) in [5, 5.41) is 25.4. The van der Waals surface area contributed by atoms with Crippen molar-refractivity contribution in [1.82, 2.24) is 16.0 Å². The number of amides is 3. The van der Waals surface area contributed by atoms with Gasteiger partial charge in [0, 0.05) is 17.4 Å². The van der Waals surface area contributed by atoms with Gasteiger partial charge in [-0.05, 0) is 56.8 Å². The molecular formula is C32H30N4O4S. The summed E-state index contributed by atoms with van der Waals surface area (Å²) in [4.78, 5) is 36.4. The van der Waals surface area contributed by atoms with Crippen LogP contribution in [0.2, 0.25) is 0 Å². The Hall–Kier alpha value is -4.29. The van der Waals surface area contributed by atoms with E-state index in [1.165, 1.54) is 5.39 Å². The van der Waals surface area contributed by atoms with Crippen molar-refractivity contribution in [3.05, 3.63) is 65.7 Å². The molecule has 0 bridgehead atoms. The first-order valence-corrected chi connectivity index (χ1v) is 15.0. The zero-order valence-corrected chi connectivity index (χ0v) is 23.3. The van der Waals surface area contributed by atoms with Crippen LogP contribution in [-0.2, 0) is 14.3 Å². The predicted molar refractivity (Wildman–Crippen MR) is 162 cm³/mol. The highest BCUT2D eigenvalue weighted by molar-refractivity contribution is 8.00. The normalized spacial score (nSPS) is 20.1. The molecule has 2 saturated heterocycles. The first-order chi connectivity index (χ1) is 20.0. The molecule has 0 radical (unpaired) electrons. The van der Waals surface area contributed by atoms with Crippen molar-refractivity contribution in [1.29, 1.82) is 5.26 Å². The van der Waals surface area contributed by atoms with Crippen molar-refractivity contribution in [3.63, 3.8) is 0 Å². The van der Waals surface area contributed by atoms with Crippen molar-refractivity contribution in [2.24, 2.45) is 0 Å². The third-order valence-electron chi connectivity index (χ3n) is 7.94. The average molecular weight is 567 g/mol. The molecule has 0 spiro atoms. The van der Waals surface area contributed by atoms with Gasteiger partial charge in [0.25, 0.3) is 0 Å². The molecule has 0 saturated carbocycles. The minimum Gasteiger partial charge on any atom is -0.460 e. The van der Waals surface area contributed by atoms with E-state index in [-0.39, 0.29) is 42.7 Å². The molecular weight excluding hydrogens is 536 g/mol. The number of hydrogen-bond donors (Lipinski definition) is 3. The van der Waals surface area contributed by atoms with E-state index in [0.717, 1.165) is 57.5 Å². The van der Waals surface area contributed by atoms with E-state index in [0.29, 0.717) is 11.7 Å². The first kappa shape index (κ1) is 26.9. The Kier molecular flexibility index (Phi) is 7.66. The molecule has 3 atom stereocenters. The van der Waals surface area contributed by atoms with Gasteiger partial charge in [0.15, 0.2) is 0 Å². The zero-order valence-electron chi connectivity index (χ0n) is 22.4. The van der Waals surface area contributed by atoms with Gasteiger partial charge in [0.2, 0.25) is 5.91 Å². The fraction of sp³-hybridized carbons (Fsp3) is 0.312. The minimum atomic E-state index is -0.715.